The van der Waals surface area contributed by atoms with Gasteiger partial charge >= 0.3 is 0 Å². The van der Waals surface area contributed by atoms with Gasteiger partial charge in [0.2, 0.25) is 0 Å². The van der Waals surface area contributed by atoms with Crippen LogP contribution in [-0.4, -0.2) is 18.9 Å². The summed E-state index contributed by atoms with van der Waals surface area (Å²) < 4.78 is 0. The number of carbonyl (C=O) groups is 1. The first-order valence-corrected chi connectivity index (χ1v) is 6.41. The Balaban J connectivity index is 2.05. The van der Waals surface area contributed by atoms with Gasteiger partial charge in [0.25, 0.3) is 0 Å². The molecule has 0 aromatic heterocycles. The van der Waals surface area contributed by atoms with Gasteiger partial charge in [-0.25, -0.2) is 0 Å². The van der Waals surface area contributed by atoms with Crippen LogP contribution < -0.4 is 5.32 Å². The largest absolute Gasteiger partial charge is 0.317 e. The van der Waals surface area contributed by atoms with Crippen LogP contribution in [0.25, 0.3) is 0 Å². The van der Waals surface area contributed by atoms with E-state index in [1.165, 1.54) is 12.8 Å². The minimum Gasteiger partial charge on any atom is -0.317 e. The van der Waals surface area contributed by atoms with Crippen molar-refractivity contribution in [1.29, 1.82) is 0 Å². The smallest absolute Gasteiger partial charge is 0.132 e. The molecular formula is C13H25NO. The predicted molar refractivity (Wildman–Crippen MR) is 63.9 cm³/mol. The Bertz CT molecular complexity index is 183. The Morgan fingerprint density at radius 1 is 1.27 bits per heavy atom. The van der Waals surface area contributed by atoms with Crippen LogP contribution in [-0.2, 0) is 4.79 Å². The second kappa shape index (κ2) is 7.00. The number of carbonyl (C=O) groups excluding carboxylic acids is 1. The van der Waals surface area contributed by atoms with Crippen LogP contribution in [0.4, 0.5) is 0 Å². The maximum Gasteiger partial charge on any atom is 0.132 e. The van der Waals surface area contributed by atoms with E-state index in [9.17, 15) is 4.79 Å². The van der Waals surface area contributed by atoms with Gasteiger partial charge in [-0.3, -0.25) is 4.79 Å². The maximum absolute atomic E-state index is 11.6. The average Bonchev–Trinajstić information content (AvgIpc) is 2.25. The Morgan fingerprint density at radius 3 is 2.53 bits per heavy atom. The molecule has 0 spiro atoms. The average molecular weight is 211 g/mol. The van der Waals surface area contributed by atoms with E-state index in [0.717, 1.165) is 44.7 Å². The molecule has 15 heavy (non-hydrogen) atoms. The lowest BCUT2D eigenvalue weighted by molar-refractivity contribution is -0.119. The van der Waals surface area contributed by atoms with Crippen LogP contribution in [0, 0.1) is 11.8 Å². The van der Waals surface area contributed by atoms with Crippen molar-refractivity contribution < 1.29 is 4.79 Å². The van der Waals surface area contributed by atoms with Gasteiger partial charge in [0.1, 0.15) is 5.78 Å². The molecule has 0 radical (unpaired) electrons. The Labute approximate surface area is 93.8 Å². The molecule has 1 rings (SSSR count). The fourth-order valence-electron chi connectivity index (χ4n) is 2.11. The number of hydrogen-bond acceptors (Lipinski definition) is 2. The van der Waals surface area contributed by atoms with Crippen LogP contribution >= 0.6 is 0 Å². The molecule has 0 saturated carbocycles. The van der Waals surface area contributed by atoms with E-state index in [2.05, 4.69) is 19.2 Å². The quantitative estimate of drug-likeness (QED) is 0.732. The molecule has 1 aliphatic rings. The summed E-state index contributed by atoms with van der Waals surface area (Å²) in [7, 11) is 0. The van der Waals surface area contributed by atoms with Crippen molar-refractivity contribution in [1.82, 2.24) is 5.32 Å². The van der Waals surface area contributed by atoms with Crippen LogP contribution in [0.1, 0.15) is 52.4 Å². The molecular weight excluding hydrogens is 186 g/mol. The van der Waals surface area contributed by atoms with Crippen molar-refractivity contribution in [2.45, 2.75) is 52.4 Å². The second-order valence-corrected chi connectivity index (χ2v) is 5.20. The van der Waals surface area contributed by atoms with Crippen molar-refractivity contribution in [3.8, 4) is 0 Å². The minimum absolute atomic E-state index is 0.474. The number of piperidine rings is 1. The first-order valence-electron chi connectivity index (χ1n) is 6.41. The summed E-state index contributed by atoms with van der Waals surface area (Å²) in [5.74, 6) is 1.93. The van der Waals surface area contributed by atoms with Gasteiger partial charge in [-0.15, -0.1) is 0 Å². The summed E-state index contributed by atoms with van der Waals surface area (Å²) in [6, 6.07) is 0. The lowest BCUT2D eigenvalue weighted by Crippen LogP contribution is -2.27. The van der Waals surface area contributed by atoms with Crippen molar-refractivity contribution in [2.75, 3.05) is 13.1 Å². The van der Waals surface area contributed by atoms with Crippen molar-refractivity contribution >= 4 is 5.78 Å². The second-order valence-electron chi connectivity index (χ2n) is 5.20. The van der Waals surface area contributed by atoms with Crippen molar-refractivity contribution in [3.05, 3.63) is 0 Å². The highest BCUT2D eigenvalue weighted by Gasteiger charge is 2.14. The van der Waals surface area contributed by atoms with Gasteiger partial charge in [0.05, 0.1) is 0 Å². The minimum atomic E-state index is 0.474. The van der Waals surface area contributed by atoms with Gasteiger partial charge in [-0.05, 0) is 50.6 Å². The maximum atomic E-state index is 11.6. The number of ketones is 1. The van der Waals surface area contributed by atoms with E-state index in [1.54, 1.807) is 0 Å². The summed E-state index contributed by atoms with van der Waals surface area (Å²) in [5.41, 5.74) is 0. The third-order valence-corrected chi connectivity index (χ3v) is 3.29. The summed E-state index contributed by atoms with van der Waals surface area (Å²) in [6.07, 6.45) is 6.32. The highest BCUT2D eigenvalue weighted by Crippen LogP contribution is 2.18. The first-order chi connectivity index (χ1) is 7.18. The molecule has 0 atom stereocenters. The van der Waals surface area contributed by atoms with E-state index in [1.807, 2.05) is 0 Å². The normalized spacial score (nSPS) is 18.3. The van der Waals surface area contributed by atoms with Gasteiger partial charge in [-0.1, -0.05) is 13.8 Å². The van der Waals surface area contributed by atoms with E-state index in [-0.39, 0.29) is 0 Å². The molecule has 0 unspecified atom stereocenters. The topological polar surface area (TPSA) is 29.1 Å². The fraction of sp³-hybridized carbons (Fsp3) is 0.923. The zero-order chi connectivity index (χ0) is 11.1. The summed E-state index contributed by atoms with van der Waals surface area (Å²) in [4.78, 5) is 11.6. The zero-order valence-electron chi connectivity index (χ0n) is 10.2. The molecule has 2 nitrogen and oxygen atoms in total. The van der Waals surface area contributed by atoms with Gasteiger partial charge in [0.15, 0.2) is 0 Å². The Morgan fingerprint density at radius 2 is 1.93 bits per heavy atom. The summed E-state index contributed by atoms with van der Waals surface area (Å²) >= 11 is 0. The molecule has 1 heterocycles. The molecule has 1 saturated heterocycles. The van der Waals surface area contributed by atoms with Crippen molar-refractivity contribution in [2.24, 2.45) is 11.8 Å². The number of nitrogens with one attached hydrogen (secondary N) is 1. The SMILES string of the molecule is CC(C)CCC(=O)CCC1CCNCC1. The third kappa shape index (κ3) is 5.93. The number of Topliss-reactive ketones (excluding diaryl/α,β-unsaturated/α-hetero) is 1. The highest BCUT2D eigenvalue weighted by molar-refractivity contribution is 5.78. The van der Waals surface area contributed by atoms with Gasteiger partial charge < -0.3 is 5.32 Å². The van der Waals surface area contributed by atoms with Crippen LogP contribution in [0.5, 0.6) is 0 Å². The molecule has 0 aromatic rings. The third-order valence-electron chi connectivity index (χ3n) is 3.29. The predicted octanol–water partition coefficient (Wildman–Crippen LogP) is 2.77. The molecule has 1 aliphatic heterocycles. The fourth-order valence-corrected chi connectivity index (χ4v) is 2.11. The molecule has 1 N–H and O–H groups in total. The molecule has 1 fully saturated rings. The molecule has 0 aliphatic carbocycles. The van der Waals surface area contributed by atoms with Crippen LogP contribution in [0.15, 0.2) is 0 Å². The van der Waals surface area contributed by atoms with Crippen LogP contribution in [0.2, 0.25) is 0 Å². The summed E-state index contributed by atoms with van der Waals surface area (Å²) in [5, 5.41) is 3.36. The molecule has 0 bridgehead atoms. The highest BCUT2D eigenvalue weighted by atomic mass is 16.1. The lowest BCUT2D eigenvalue weighted by Gasteiger charge is -2.22. The number of hydrogen-bond donors (Lipinski definition) is 1. The van der Waals surface area contributed by atoms with E-state index in [0.29, 0.717) is 11.7 Å². The molecule has 2 heteroatoms. The van der Waals surface area contributed by atoms with Crippen molar-refractivity contribution in [3.63, 3.8) is 0 Å². The molecule has 0 amide bonds. The van der Waals surface area contributed by atoms with E-state index >= 15 is 0 Å². The zero-order valence-corrected chi connectivity index (χ0v) is 10.2. The molecule has 0 aromatic carbocycles. The lowest BCUT2D eigenvalue weighted by atomic mass is 9.91. The van der Waals surface area contributed by atoms with Gasteiger partial charge in [-0.2, -0.15) is 0 Å². The first kappa shape index (κ1) is 12.7. The number of rotatable bonds is 6. The molecule has 88 valence electrons. The Hall–Kier alpha value is -0.370. The van der Waals surface area contributed by atoms with E-state index < -0.39 is 0 Å². The van der Waals surface area contributed by atoms with E-state index in [4.69, 9.17) is 0 Å². The monoisotopic (exact) mass is 211 g/mol. The summed E-state index contributed by atoms with van der Waals surface area (Å²) in [6.45, 7) is 6.65. The van der Waals surface area contributed by atoms with Crippen LogP contribution in [0.3, 0.4) is 0 Å². The van der Waals surface area contributed by atoms with Gasteiger partial charge in [0, 0.05) is 12.8 Å². The standard InChI is InChI=1S/C13H25NO/c1-11(2)3-5-13(15)6-4-12-7-9-14-10-8-12/h11-12,14H,3-10H2,1-2H3. The Kier molecular flexibility index (Phi) is 5.92.